The molecule has 1 aliphatic heterocycles. The molecule has 1 aliphatic rings. The molecule has 1 nitrogen and oxygen atoms in total. The highest BCUT2D eigenvalue weighted by atomic mass is 15.0. The fourth-order valence-corrected chi connectivity index (χ4v) is 2.85. The average molecular weight is 260 g/mol. The summed E-state index contributed by atoms with van der Waals surface area (Å²) in [5.41, 5.74) is 4.78. The van der Waals surface area contributed by atoms with Crippen LogP contribution < -0.4 is 0 Å². The van der Waals surface area contributed by atoms with Crippen molar-refractivity contribution in [3.8, 4) is 11.8 Å². The quantitative estimate of drug-likeness (QED) is 0.501. The van der Waals surface area contributed by atoms with Gasteiger partial charge in [0.2, 0.25) is 11.4 Å². The summed E-state index contributed by atoms with van der Waals surface area (Å²) in [6.45, 7) is 4.48. The van der Waals surface area contributed by atoms with Gasteiger partial charge in [-0.15, -0.1) is 0 Å². The molecule has 0 radical (unpaired) electrons. The molecule has 3 rings (SSSR count). The van der Waals surface area contributed by atoms with Crippen LogP contribution >= 0.6 is 0 Å². The van der Waals surface area contributed by atoms with Gasteiger partial charge in [-0.3, -0.25) is 0 Å². The second kappa shape index (κ2) is 4.65. The van der Waals surface area contributed by atoms with Crippen LogP contribution in [-0.4, -0.2) is 17.3 Å². The summed E-state index contributed by atoms with van der Waals surface area (Å²) in [7, 11) is 2.10. The lowest BCUT2D eigenvalue weighted by Gasteiger charge is -2.13. The lowest BCUT2D eigenvalue weighted by Crippen LogP contribution is -2.27. The molecule has 0 aromatic heterocycles. The molecule has 0 bridgehead atoms. The van der Waals surface area contributed by atoms with Crippen LogP contribution in [0.3, 0.4) is 0 Å². The lowest BCUT2D eigenvalue weighted by molar-refractivity contribution is -0.401. The topological polar surface area (TPSA) is 3.01 Å². The number of hydrogen-bond donors (Lipinski definition) is 0. The molecule has 0 unspecified atom stereocenters. The number of benzene rings is 2. The van der Waals surface area contributed by atoms with Gasteiger partial charge >= 0.3 is 0 Å². The largest absolute Gasteiger partial charge is 0.243 e. The molecular weight excluding hydrogens is 242 g/mol. The molecule has 0 amide bonds. The molecule has 0 saturated carbocycles. The van der Waals surface area contributed by atoms with Gasteiger partial charge in [-0.05, 0) is 26.0 Å². The summed E-state index contributed by atoms with van der Waals surface area (Å²) in [6.07, 6.45) is 0. The number of hydrogen-bond acceptors (Lipinski definition) is 0. The molecule has 0 spiro atoms. The fraction of sp³-hybridized carbons (Fsp3) is 0.211. The van der Waals surface area contributed by atoms with Crippen molar-refractivity contribution in [3.05, 3.63) is 65.7 Å². The molecule has 2 aromatic carbocycles. The Morgan fingerprint density at radius 3 is 2.20 bits per heavy atom. The minimum absolute atomic E-state index is 0.0346. The first-order valence-corrected chi connectivity index (χ1v) is 6.88. The first-order chi connectivity index (χ1) is 9.60. The zero-order valence-electron chi connectivity index (χ0n) is 12.1. The molecule has 2 aromatic rings. The van der Waals surface area contributed by atoms with E-state index in [2.05, 4.69) is 61.6 Å². The Morgan fingerprint density at radius 1 is 0.850 bits per heavy atom. The van der Waals surface area contributed by atoms with Gasteiger partial charge in [0.05, 0.1) is 5.41 Å². The van der Waals surface area contributed by atoms with Gasteiger partial charge in [-0.1, -0.05) is 42.3 Å². The smallest absolute Gasteiger partial charge is 0.190 e. The van der Waals surface area contributed by atoms with Crippen LogP contribution in [-0.2, 0) is 5.41 Å². The van der Waals surface area contributed by atoms with Crippen molar-refractivity contribution < 1.29 is 4.58 Å². The SMILES string of the molecule is C[N+]1=C(C#Cc2ccccc2)C(C)(C)c2ccccc21. The van der Waals surface area contributed by atoms with Crippen molar-refractivity contribution in [2.24, 2.45) is 0 Å². The van der Waals surface area contributed by atoms with Crippen molar-refractivity contribution >= 4 is 11.4 Å². The maximum Gasteiger partial charge on any atom is 0.243 e. The van der Waals surface area contributed by atoms with Crippen molar-refractivity contribution in [2.75, 3.05) is 7.05 Å². The van der Waals surface area contributed by atoms with Gasteiger partial charge in [0.1, 0.15) is 7.05 Å². The van der Waals surface area contributed by atoms with Crippen LogP contribution in [0.1, 0.15) is 25.0 Å². The van der Waals surface area contributed by atoms with Crippen molar-refractivity contribution in [3.63, 3.8) is 0 Å². The predicted molar refractivity (Wildman–Crippen MR) is 83.6 cm³/mol. The van der Waals surface area contributed by atoms with Crippen LogP contribution in [0.15, 0.2) is 54.6 Å². The third-order valence-corrected chi connectivity index (χ3v) is 3.97. The molecular formula is C19H18N+. The highest BCUT2D eigenvalue weighted by Crippen LogP contribution is 2.38. The van der Waals surface area contributed by atoms with E-state index >= 15 is 0 Å². The highest BCUT2D eigenvalue weighted by Gasteiger charge is 2.43. The Morgan fingerprint density at radius 2 is 1.50 bits per heavy atom. The van der Waals surface area contributed by atoms with Crippen LogP contribution in [0.2, 0.25) is 0 Å². The van der Waals surface area contributed by atoms with E-state index in [9.17, 15) is 0 Å². The van der Waals surface area contributed by atoms with Gasteiger partial charge in [0.25, 0.3) is 0 Å². The van der Waals surface area contributed by atoms with Gasteiger partial charge in [-0.2, -0.15) is 4.58 Å². The molecule has 0 N–H and O–H groups in total. The maximum atomic E-state index is 3.38. The minimum atomic E-state index is -0.0346. The van der Waals surface area contributed by atoms with Gasteiger partial charge in [-0.25, -0.2) is 0 Å². The Labute approximate surface area is 120 Å². The monoisotopic (exact) mass is 260 g/mol. The first kappa shape index (κ1) is 12.7. The molecule has 0 saturated heterocycles. The lowest BCUT2D eigenvalue weighted by atomic mass is 9.82. The van der Waals surface area contributed by atoms with E-state index in [0.29, 0.717) is 0 Å². The fourth-order valence-electron chi connectivity index (χ4n) is 2.85. The normalized spacial score (nSPS) is 15.6. The maximum absolute atomic E-state index is 3.38. The van der Waals surface area contributed by atoms with Gasteiger partial charge < -0.3 is 0 Å². The van der Waals surface area contributed by atoms with Crippen LogP contribution in [0, 0.1) is 11.8 Å². The minimum Gasteiger partial charge on any atom is -0.190 e. The van der Waals surface area contributed by atoms with E-state index in [4.69, 9.17) is 0 Å². The zero-order chi connectivity index (χ0) is 14.2. The molecule has 0 atom stereocenters. The Bertz CT molecular complexity index is 740. The van der Waals surface area contributed by atoms with Crippen LogP contribution in [0.25, 0.3) is 0 Å². The van der Waals surface area contributed by atoms with E-state index in [-0.39, 0.29) is 5.41 Å². The summed E-state index contributed by atoms with van der Waals surface area (Å²) < 4.78 is 2.21. The molecule has 20 heavy (non-hydrogen) atoms. The summed E-state index contributed by atoms with van der Waals surface area (Å²) in [6, 6.07) is 18.7. The molecule has 98 valence electrons. The predicted octanol–water partition coefficient (Wildman–Crippen LogP) is 3.74. The van der Waals surface area contributed by atoms with E-state index in [1.807, 2.05) is 30.3 Å². The number of nitrogens with zero attached hydrogens (tertiary/aromatic N) is 1. The van der Waals surface area contributed by atoms with E-state index in [0.717, 1.165) is 11.3 Å². The third kappa shape index (κ3) is 1.94. The van der Waals surface area contributed by atoms with E-state index in [1.165, 1.54) is 11.3 Å². The van der Waals surface area contributed by atoms with Crippen LogP contribution in [0.5, 0.6) is 0 Å². The van der Waals surface area contributed by atoms with Crippen molar-refractivity contribution in [1.82, 2.24) is 0 Å². The summed E-state index contributed by atoms with van der Waals surface area (Å²) >= 11 is 0. The molecule has 1 heteroatoms. The number of fused-ring (bicyclic) bond motifs is 1. The van der Waals surface area contributed by atoms with Gasteiger partial charge in [0.15, 0.2) is 0 Å². The highest BCUT2D eigenvalue weighted by molar-refractivity contribution is 6.07. The molecule has 0 aliphatic carbocycles. The number of rotatable bonds is 0. The van der Waals surface area contributed by atoms with Gasteiger partial charge in [0, 0.05) is 23.1 Å². The van der Waals surface area contributed by atoms with Crippen molar-refractivity contribution in [2.45, 2.75) is 19.3 Å². The van der Waals surface area contributed by atoms with Crippen LogP contribution in [0.4, 0.5) is 5.69 Å². The Hall–Kier alpha value is -2.33. The zero-order valence-corrected chi connectivity index (χ0v) is 12.1. The number of para-hydroxylation sites is 1. The second-order valence-corrected chi connectivity index (χ2v) is 5.67. The summed E-state index contributed by atoms with van der Waals surface area (Å²) in [4.78, 5) is 0. The third-order valence-electron chi connectivity index (χ3n) is 3.97. The average Bonchev–Trinajstić information content (AvgIpc) is 2.66. The Kier molecular flexibility index (Phi) is 2.95. The first-order valence-electron chi connectivity index (χ1n) is 6.88. The van der Waals surface area contributed by atoms with Crippen molar-refractivity contribution in [1.29, 1.82) is 0 Å². The molecule has 0 fully saturated rings. The van der Waals surface area contributed by atoms with E-state index in [1.54, 1.807) is 0 Å². The standard InChI is InChI=1S/C19H18N/c1-19(2)16-11-7-8-12-17(16)20(3)18(19)14-13-15-9-5-4-6-10-15/h4-12H,1-3H3/q+1. The molecule has 1 heterocycles. The summed E-state index contributed by atoms with van der Waals surface area (Å²) in [5.74, 6) is 6.66. The second-order valence-electron chi connectivity index (χ2n) is 5.67. The summed E-state index contributed by atoms with van der Waals surface area (Å²) in [5, 5.41) is 0. The van der Waals surface area contributed by atoms with E-state index < -0.39 is 0 Å². The Balaban J connectivity index is 2.08.